The van der Waals surface area contributed by atoms with E-state index >= 15 is 0 Å². The highest BCUT2D eigenvalue weighted by molar-refractivity contribution is 9.10. The summed E-state index contributed by atoms with van der Waals surface area (Å²) in [6, 6.07) is 5.41. The van der Waals surface area contributed by atoms with Gasteiger partial charge in [0, 0.05) is 27.7 Å². The van der Waals surface area contributed by atoms with Crippen molar-refractivity contribution >= 4 is 43.4 Å². The molecule has 1 aliphatic carbocycles. The van der Waals surface area contributed by atoms with Crippen molar-refractivity contribution in [2.45, 2.75) is 89.2 Å². The molecule has 0 unspecified atom stereocenters. The average Bonchev–Trinajstić information content (AvgIpc) is 3.16. The maximum Gasteiger partial charge on any atom is 0.404 e. The Kier molecular flexibility index (Phi) is 9.90. The standard InChI is InChI=1S/C19H25BrN2O2S2.C4H9NO2/c1-19(2,3)22-26(23,24)17-11-14(20)9-10-15(17)16-12-21-18(25-16)13-7-5-4-6-8-13;1-3(2)7-4(5)6/h9-13,22H,4-8H2,1-3H3;3H,1-2H3,(H2,5,6). The number of halogens is 1. The second kappa shape index (κ2) is 11.8. The normalized spacial score (nSPS) is 15.1. The van der Waals surface area contributed by atoms with E-state index in [0.29, 0.717) is 16.4 Å². The van der Waals surface area contributed by atoms with E-state index in [0.717, 1.165) is 14.4 Å². The second-order valence-electron chi connectivity index (χ2n) is 9.38. The van der Waals surface area contributed by atoms with Crippen molar-refractivity contribution in [2.24, 2.45) is 5.73 Å². The summed E-state index contributed by atoms with van der Waals surface area (Å²) in [6.45, 7) is 9.01. The van der Waals surface area contributed by atoms with Crippen LogP contribution in [0.15, 0.2) is 33.8 Å². The molecule has 7 nitrogen and oxygen atoms in total. The first-order valence-electron chi connectivity index (χ1n) is 11.0. The van der Waals surface area contributed by atoms with Gasteiger partial charge in [-0.2, -0.15) is 0 Å². The maximum atomic E-state index is 13.0. The number of thiazole rings is 1. The zero-order chi connectivity index (χ0) is 24.8. The smallest absolute Gasteiger partial charge is 0.404 e. The van der Waals surface area contributed by atoms with Gasteiger partial charge in [0.15, 0.2) is 0 Å². The largest absolute Gasteiger partial charge is 0.447 e. The summed E-state index contributed by atoms with van der Waals surface area (Å²) >= 11 is 5.03. The van der Waals surface area contributed by atoms with Crippen molar-refractivity contribution in [3.63, 3.8) is 0 Å². The van der Waals surface area contributed by atoms with Crippen LogP contribution < -0.4 is 10.5 Å². The first-order chi connectivity index (χ1) is 15.3. The first-order valence-corrected chi connectivity index (χ1v) is 14.1. The highest BCUT2D eigenvalue weighted by Crippen LogP contribution is 2.39. The molecule has 0 spiro atoms. The lowest BCUT2D eigenvalue weighted by Gasteiger charge is -2.21. The zero-order valence-corrected chi connectivity index (χ0v) is 23.1. The number of hydrogen-bond donors (Lipinski definition) is 2. The van der Waals surface area contributed by atoms with Gasteiger partial charge in [-0.15, -0.1) is 11.3 Å². The van der Waals surface area contributed by atoms with Gasteiger partial charge in [0.2, 0.25) is 10.0 Å². The molecule has 0 aliphatic heterocycles. The maximum absolute atomic E-state index is 13.0. The number of amides is 1. The van der Waals surface area contributed by atoms with Crippen LogP contribution in [0.2, 0.25) is 0 Å². The molecule has 1 aliphatic rings. The summed E-state index contributed by atoms with van der Waals surface area (Å²) in [5.74, 6) is 0.519. The fraction of sp³-hybridized carbons (Fsp3) is 0.565. The molecule has 184 valence electrons. The highest BCUT2D eigenvalue weighted by atomic mass is 79.9. The molecule has 0 radical (unpaired) electrons. The van der Waals surface area contributed by atoms with E-state index in [4.69, 9.17) is 0 Å². The molecule has 1 fully saturated rings. The molecule has 1 aromatic heterocycles. The Hall–Kier alpha value is -1.49. The predicted octanol–water partition coefficient (Wildman–Crippen LogP) is 6.19. The second-order valence-corrected chi connectivity index (χ2v) is 13.0. The Balaban J connectivity index is 0.000000479. The summed E-state index contributed by atoms with van der Waals surface area (Å²) in [7, 11) is -3.64. The van der Waals surface area contributed by atoms with Gasteiger partial charge in [0.1, 0.15) is 0 Å². The number of nitrogens with two attached hydrogens (primary N) is 1. The first kappa shape index (κ1) is 27.8. The third kappa shape index (κ3) is 8.99. The molecular weight excluding hydrogens is 526 g/mol. The van der Waals surface area contributed by atoms with Crippen molar-refractivity contribution < 1.29 is 17.9 Å². The lowest BCUT2D eigenvalue weighted by atomic mass is 9.90. The number of rotatable bonds is 5. The van der Waals surface area contributed by atoms with Crippen LogP contribution in [0.4, 0.5) is 4.79 Å². The van der Waals surface area contributed by atoms with Gasteiger partial charge in [-0.1, -0.05) is 41.3 Å². The number of benzene rings is 1. The van der Waals surface area contributed by atoms with Crippen LogP contribution in [0, 0.1) is 0 Å². The van der Waals surface area contributed by atoms with Gasteiger partial charge >= 0.3 is 6.09 Å². The third-order valence-corrected chi connectivity index (χ3v) is 8.25. The van der Waals surface area contributed by atoms with Gasteiger partial charge in [-0.05, 0) is 59.6 Å². The monoisotopic (exact) mass is 559 g/mol. The fourth-order valence-corrected chi connectivity index (χ4v) is 6.93. The number of ether oxygens (including phenoxy) is 1. The van der Waals surface area contributed by atoms with Crippen molar-refractivity contribution in [3.05, 3.63) is 33.9 Å². The Bertz CT molecular complexity index is 1040. The Labute approximate surface area is 209 Å². The van der Waals surface area contributed by atoms with Crippen LogP contribution in [0.25, 0.3) is 10.4 Å². The Morgan fingerprint density at radius 2 is 1.88 bits per heavy atom. The van der Waals surface area contributed by atoms with E-state index in [1.54, 1.807) is 31.3 Å². The van der Waals surface area contributed by atoms with E-state index in [9.17, 15) is 13.2 Å². The average molecular weight is 561 g/mol. The molecular formula is C23H34BrN3O4S2. The molecule has 1 saturated carbocycles. The third-order valence-electron chi connectivity index (χ3n) is 4.77. The van der Waals surface area contributed by atoms with Crippen LogP contribution >= 0.6 is 27.3 Å². The number of primary amides is 1. The molecule has 1 heterocycles. The summed E-state index contributed by atoms with van der Waals surface area (Å²) in [5.41, 5.74) is 4.80. The molecule has 2 aromatic rings. The van der Waals surface area contributed by atoms with Crippen LogP contribution in [0.5, 0.6) is 0 Å². The fourth-order valence-electron chi connectivity index (χ4n) is 3.56. The summed E-state index contributed by atoms with van der Waals surface area (Å²) in [4.78, 5) is 15.6. The SMILES string of the molecule is CC(C)(C)NS(=O)(=O)c1cc(Br)ccc1-c1cnc(C2CCCCC2)s1.CC(C)OC(N)=O. The van der Waals surface area contributed by atoms with E-state index < -0.39 is 21.7 Å². The van der Waals surface area contributed by atoms with E-state index in [2.05, 4.69) is 36.1 Å². The van der Waals surface area contributed by atoms with Crippen molar-refractivity contribution in [1.82, 2.24) is 9.71 Å². The molecule has 0 atom stereocenters. The van der Waals surface area contributed by atoms with Crippen LogP contribution in [0.3, 0.4) is 0 Å². The van der Waals surface area contributed by atoms with E-state index in [1.807, 2.05) is 39.1 Å². The number of aromatic nitrogens is 1. The number of hydrogen-bond acceptors (Lipinski definition) is 6. The summed E-state index contributed by atoms with van der Waals surface area (Å²) in [6.07, 6.45) is 7.21. The minimum absolute atomic E-state index is 0.0995. The highest BCUT2D eigenvalue weighted by Gasteiger charge is 2.27. The van der Waals surface area contributed by atoms with E-state index in [1.165, 1.54) is 32.1 Å². The molecule has 1 aromatic carbocycles. The number of carbonyl (C=O) groups is 1. The van der Waals surface area contributed by atoms with Crippen molar-refractivity contribution in [1.29, 1.82) is 0 Å². The quantitative estimate of drug-likeness (QED) is 0.453. The minimum Gasteiger partial charge on any atom is -0.447 e. The molecule has 33 heavy (non-hydrogen) atoms. The zero-order valence-electron chi connectivity index (χ0n) is 19.9. The topological polar surface area (TPSA) is 111 Å². The van der Waals surface area contributed by atoms with Crippen LogP contribution in [-0.4, -0.2) is 31.1 Å². The van der Waals surface area contributed by atoms with Crippen molar-refractivity contribution in [2.75, 3.05) is 0 Å². The van der Waals surface area contributed by atoms with Gasteiger partial charge < -0.3 is 10.5 Å². The van der Waals surface area contributed by atoms with Crippen molar-refractivity contribution in [3.8, 4) is 10.4 Å². The lowest BCUT2D eigenvalue weighted by Crippen LogP contribution is -2.40. The molecule has 0 bridgehead atoms. The number of sulfonamides is 1. The van der Waals surface area contributed by atoms with E-state index in [-0.39, 0.29) is 6.10 Å². The van der Waals surface area contributed by atoms with Gasteiger partial charge in [0.05, 0.1) is 20.9 Å². The Morgan fingerprint density at radius 3 is 2.39 bits per heavy atom. The van der Waals surface area contributed by atoms with Gasteiger partial charge in [-0.25, -0.2) is 22.9 Å². The summed E-state index contributed by atoms with van der Waals surface area (Å²) in [5, 5.41) is 1.13. The van der Waals surface area contributed by atoms with Gasteiger partial charge in [-0.3, -0.25) is 0 Å². The predicted molar refractivity (Wildman–Crippen MR) is 137 cm³/mol. The molecule has 3 rings (SSSR count). The number of nitrogens with zero attached hydrogens (tertiary/aromatic N) is 1. The Morgan fingerprint density at radius 1 is 1.24 bits per heavy atom. The number of carbonyl (C=O) groups excluding carboxylic acids is 1. The van der Waals surface area contributed by atoms with Crippen LogP contribution in [0.1, 0.15) is 77.6 Å². The number of nitrogens with one attached hydrogen (secondary N) is 1. The molecule has 3 N–H and O–H groups in total. The molecule has 10 heteroatoms. The van der Waals surface area contributed by atoms with Gasteiger partial charge in [0.25, 0.3) is 0 Å². The lowest BCUT2D eigenvalue weighted by molar-refractivity contribution is 0.125. The molecule has 1 amide bonds. The summed E-state index contributed by atoms with van der Waals surface area (Å²) < 4.78 is 33.8. The molecule has 0 saturated heterocycles. The minimum atomic E-state index is -3.64. The van der Waals surface area contributed by atoms with Crippen LogP contribution in [-0.2, 0) is 14.8 Å².